The van der Waals surface area contributed by atoms with Crippen LogP contribution in [0.1, 0.15) is 41.2 Å². The lowest BCUT2D eigenvalue weighted by molar-refractivity contribution is -0.137. The lowest BCUT2D eigenvalue weighted by Gasteiger charge is -2.34. The van der Waals surface area contributed by atoms with Crippen LogP contribution in [0.4, 0.5) is 5.69 Å². The molecule has 1 atom stereocenters. The number of carbonyl (C=O) groups excluding carboxylic acids is 3. The first-order valence-electron chi connectivity index (χ1n) is 9.54. The smallest absolute Gasteiger partial charge is 0.313 e. The van der Waals surface area contributed by atoms with Gasteiger partial charge in [0.2, 0.25) is 0 Å². The molecule has 1 aliphatic carbocycles. The lowest BCUT2D eigenvalue weighted by atomic mass is 9.77. The summed E-state index contributed by atoms with van der Waals surface area (Å²) < 4.78 is 0. The molecule has 0 aromatic heterocycles. The SMILES string of the molecule is CN(C)C(=O)c1cccc(NC(=O)C(=O)NC(c2ccc(Cl)cc2)C2CCC2)c1. The van der Waals surface area contributed by atoms with E-state index in [9.17, 15) is 14.4 Å². The first-order chi connectivity index (χ1) is 13.8. The average Bonchev–Trinajstić information content (AvgIpc) is 2.66. The molecule has 3 rings (SSSR count). The van der Waals surface area contributed by atoms with Gasteiger partial charge >= 0.3 is 11.8 Å². The Morgan fingerprint density at radius 2 is 1.72 bits per heavy atom. The van der Waals surface area contributed by atoms with Gasteiger partial charge in [-0.15, -0.1) is 0 Å². The minimum atomic E-state index is -0.766. The number of benzene rings is 2. The Hall–Kier alpha value is -2.86. The summed E-state index contributed by atoms with van der Waals surface area (Å²) in [6.07, 6.45) is 3.12. The molecule has 29 heavy (non-hydrogen) atoms. The highest BCUT2D eigenvalue weighted by atomic mass is 35.5. The molecule has 0 aliphatic heterocycles. The first-order valence-corrected chi connectivity index (χ1v) is 9.92. The van der Waals surface area contributed by atoms with Gasteiger partial charge in [0.05, 0.1) is 6.04 Å². The second-order valence-corrected chi connectivity index (χ2v) is 7.86. The molecule has 0 saturated heterocycles. The molecule has 1 fully saturated rings. The van der Waals surface area contributed by atoms with Crippen molar-refractivity contribution in [2.75, 3.05) is 19.4 Å². The van der Waals surface area contributed by atoms with Crippen LogP contribution in [-0.4, -0.2) is 36.7 Å². The highest BCUT2D eigenvalue weighted by molar-refractivity contribution is 6.39. The number of halogens is 1. The van der Waals surface area contributed by atoms with E-state index in [4.69, 9.17) is 11.6 Å². The Kier molecular flexibility index (Phi) is 6.54. The lowest BCUT2D eigenvalue weighted by Crippen LogP contribution is -2.41. The van der Waals surface area contributed by atoms with Crippen molar-refractivity contribution in [3.8, 4) is 0 Å². The van der Waals surface area contributed by atoms with E-state index >= 15 is 0 Å². The molecule has 2 N–H and O–H groups in total. The van der Waals surface area contributed by atoms with E-state index in [2.05, 4.69) is 10.6 Å². The van der Waals surface area contributed by atoms with Crippen LogP contribution in [0.15, 0.2) is 48.5 Å². The normalized spacial score (nSPS) is 14.4. The van der Waals surface area contributed by atoms with Gasteiger partial charge in [-0.05, 0) is 54.7 Å². The van der Waals surface area contributed by atoms with Crippen molar-refractivity contribution < 1.29 is 14.4 Å². The standard InChI is InChI=1S/C22H24ClN3O3/c1-26(2)22(29)16-7-4-8-18(13-16)24-20(27)21(28)25-19(14-5-3-6-14)15-9-11-17(23)12-10-15/h4,7-14,19H,3,5-6H2,1-2H3,(H,24,27)(H,25,28). The average molecular weight is 414 g/mol. The Labute approximate surface area is 175 Å². The van der Waals surface area contributed by atoms with Crippen molar-refractivity contribution in [3.63, 3.8) is 0 Å². The molecule has 0 radical (unpaired) electrons. The Morgan fingerprint density at radius 3 is 2.31 bits per heavy atom. The first kappa shape index (κ1) is 20.9. The third-order valence-electron chi connectivity index (χ3n) is 5.12. The molecule has 1 unspecified atom stereocenters. The van der Waals surface area contributed by atoms with Crippen LogP contribution in [0.3, 0.4) is 0 Å². The summed E-state index contributed by atoms with van der Waals surface area (Å²) in [4.78, 5) is 38.5. The molecule has 0 heterocycles. The van der Waals surface area contributed by atoms with Gasteiger partial charge in [0.1, 0.15) is 0 Å². The third kappa shape index (κ3) is 5.15. The van der Waals surface area contributed by atoms with Crippen LogP contribution in [0.25, 0.3) is 0 Å². The molecule has 6 nitrogen and oxygen atoms in total. The van der Waals surface area contributed by atoms with Crippen LogP contribution >= 0.6 is 11.6 Å². The maximum Gasteiger partial charge on any atom is 0.313 e. The zero-order chi connectivity index (χ0) is 21.0. The zero-order valence-electron chi connectivity index (χ0n) is 16.4. The van der Waals surface area contributed by atoms with E-state index in [1.165, 1.54) is 4.90 Å². The van der Waals surface area contributed by atoms with Crippen LogP contribution in [-0.2, 0) is 9.59 Å². The van der Waals surface area contributed by atoms with Gasteiger partial charge in [0.15, 0.2) is 0 Å². The minimum absolute atomic E-state index is 0.182. The summed E-state index contributed by atoms with van der Waals surface area (Å²) in [7, 11) is 3.30. The quantitative estimate of drug-likeness (QED) is 0.734. The molecule has 3 amide bonds. The van der Waals surface area contributed by atoms with E-state index in [-0.39, 0.29) is 11.9 Å². The zero-order valence-corrected chi connectivity index (χ0v) is 17.2. The van der Waals surface area contributed by atoms with Crippen molar-refractivity contribution in [2.45, 2.75) is 25.3 Å². The van der Waals surface area contributed by atoms with Crippen LogP contribution in [0, 0.1) is 5.92 Å². The predicted octanol–water partition coefficient (Wildman–Crippen LogP) is 3.64. The molecule has 2 aromatic carbocycles. The molecule has 0 bridgehead atoms. The monoisotopic (exact) mass is 413 g/mol. The summed E-state index contributed by atoms with van der Waals surface area (Å²) >= 11 is 5.97. The Morgan fingerprint density at radius 1 is 1.03 bits per heavy atom. The maximum absolute atomic E-state index is 12.5. The van der Waals surface area contributed by atoms with Crippen molar-refractivity contribution >= 4 is 35.0 Å². The van der Waals surface area contributed by atoms with Gasteiger partial charge in [-0.2, -0.15) is 0 Å². The second kappa shape index (κ2) is 9.09. The number of rotatable bonds is 5. The summed E-state index contributed by atoms with van der Waals surface area (Å²) in [6, 6.07) is 13.6. The molecule has 152 valence electrons. The van der Waals surface area contributed by atoms with Gasteiger partial charge in [0.25, 0.3) is 5.91 Å². The molecule has 0 spiro atoms. The number of amides is 3. The molecule has 7 heteroatoms. The van der Waals surface area contributed by atoms with Crippen molar-refractivity contribution in [1.82, 2.24) is 10.2 Å². The van der Waals surface area contributed by atoms with E-state index < -0.39 is 11.8 Å². The molecule has 1 saturated carbocycles. The fourth-order valence-corrected chi connectivity index (χ4v) is 3.43. The number of nitrogens with one attached hydrogen (secondary N) is 2. The van der Waals surface area contributed by atoms with Gasteiger partial charge < -0.3 is 15.5 Å². The number of nitrogens with zero attached hydrogens (tertiary/aromatic N) is 1. The third-order valence-corrected chi connectivity index (χ3v) is 5.37. The van der Waals surface area contributed by atoms with E-state index in [0.29, 0.717) is 22.2 Å². The molecule has 1 aliphatic rings. The number of hydrogen-bond donors (Lipinski definition) is 2. The summed E-state index contributed by atoms with van der Waals surface area (Å²) in [5.74, 6) is -1.36. The summed E-state index contributed by atoms with van der Waals surface area (Å²) in [6.45, 7) is 0. The van der Waals surface area contributed by atoms with E-state index in [0.717, 1.165) is 24.8 Å². The van der Waals surface area contributed by atoms with Gasteiger partial charge in [0, 0.05) is 30.4 Å². The molecular formula is C22H24ClN3O3. The number of anilines is 1. The maximum atomic E-state index is 12.5. The Bertz CT molecular complexity index is 908. The van der Waals surface area contributed by atoms with Crippen LogP contribution in [0.2, 0.25) is 5.02 Å². The molecular weight excluding hydrogens is 390 g/mol. The number of hydrogen-bond acceptors (Lipinski definition) is 3. The summed E-state index contributed by atoms with van der Waals surface area (Å²) in [5, 5.41) is 6.06. The fraction of sp³-hybridized carbons (Fsp3) is 0.318. The van der Waals surface area contributed by atoms with Crippen molar-refractivity contribution in [2.24, 2.45) is 5.92 Å². The van der Waals surface area contributed by atoms with Crippen molar-refractivity contribution in [1.29, 1.82) is 0 Å². The van der Waals surface area contributed by atoms with E-state index in [1.54, 1.807) is 50.5 Å². The fourth-order valence-electron chi connectivity index (χ4n) is 3.30. The highest BCUT2D eigenvalue weighted by Gasteiger charge is 2.31. The van der Waals surface area contributed by atoms with Gasteiger partial charge in [-0.1, -0.05) is 36.2 Å². The molecule has 2 aromatic rings. The van der Waals surface area contributed by atoms with Crippen LogP contribution < -0.4 is 10.6 Å². The number of carbonyl (C=O) groups is 3. The van der Waals surface area contributed by atoms with Crippen LogP contribution in [0.5, 0.6) is 0 Å². The minimum Gasteiger partial charge on any atom is -0.345 e. The highest BCUT2D eigenvalue weighted by Crippen LogP contribution is 2.38. The van der Waals surface area contributed by atoms with E-state index in [1.807, 2.05) is 12.1 Å². The second-order valence-electron chi connectivity index (χ2n) is 7.43. The summed E-state index contributed by atoms with van der Waals surface area (Å²) in [5.41, 5.74) is 1.75. The largest absolute Gasteiger partial charge is 0.345 e. The topological polar surface area (TPSA) is 78.5 Å². The predicted molar refractivity (Wildman–Crippen MR) is 113 cm³/mol. The van der Waals surface area contributed by atoms with Gasteiger partial charge in [-0.3, -0.25) is 14.4 Å². The van der Waals surface area contributed by atoms with Gasteiger partial charge in [-0.25, -0.2) is 0 Å². The van der Waals surface area contributed by atoms with Crippen molar-refractivity contribution in [3.05, 3.63) is 64.7 Å². The Balaban J connectivity index is 1.69.